The molecule has 0 aliphatic rings. The molecule has 1 aromatic rings. The first-order chi connectivity index (χ1) is 7.33. The topological polar surface area (TPSA) is 71.4 Å². The van der Waals surface area contributed by atoms with E-state index in [1.807, 2.05) is 0 Å². The number of hydrogen-bond acceptors (Lipinski definition) is 3. The van der Waals surface area contributed by atoms with Crippen LogP contribution in [0.2, 0.25) is 0 Å². The first kappa shape index (κ1) is 12.7. The fourth-order valence-corrected chi connectivity index (χ4v) is 2.95. The summed E-state index contributed by atoms with van der Waals surface area (Å²) < 4.78 is 23.7. The summed E-state index contributed by atoms with van der Waals surface area (Å²) >= 11 is 0. The molecule has 0 aromatic heterocycles. The van der Waals surface area contributed by atoms with E-state index in [0.717, 1.165) is 5.56 Å². The molecule has 0 aliphatic heterocycles. The number of benzene rings is 1. The highest BCUT2D eigenvalue weighted by atomic mass is 32.2. The number of sulfone groups is 1. The maximum atomic E-state index is 11.8. The van der Waals surface area contributed by atoms with E-state index >= 15 is 0 Å². The van der Waals surface area contributed by atoms with Crippen LogP contribution in [0.25, 0.3) is 0 Å². The van der Waals surface area contributed by atoms with E-state index in [9.17, 15) is 13.2 Å². The number of carboxylic acid groups (broad SMARTS) is 1. The molecule has 1 atom stereocenters. The second-order valence-corrected chi connectivity index (χ2v) is 5.87. The van der Waals surface area contributed by atoms with Gasteiger partial charge in [0.05, 0.1) is 16.6 Å². The molecule has 1 aromatic carbocycles. The lowest BCUT2D eigenvalue weighted by Gasteiger charge is -2.08. The van der Waals surface area contributed by atoms with Gasteiger partial charge in [-0.05, 0) is 24.6 Å². The number of rotatable bonds is 4. The molecule has 0 fully saturated rings. The third-order valence-corrected chi connectivity index (χ3v) is 4.15. The van der Waals surface area contributed by atoms with Crippen molar-refractivity contribution in [3.05, 3.63) is 29.8 Å². The van der Waals surface area contributed by atoms with Crippen molar-refractivity contribution in [1.82, 2.24) is 0 Å². The molecule has 0 saturated carbocycles. The Hall–Kier alpha value is -1.36. The number of carbonyl (C=O) groups is 1. The lowest BCUT2D eigenvalue weighted by molar-refractivity contribution is -0.140. The van der Waals surface area contributed by atoms with Gasteiger partial charge >= 0.3 is 5.97 Å². The molecule has 0 saturated heterocycles. The van der Waals surface area contributed by atoms with Crippen LogP contribution in [0.1, 0.15) is 12.5 Å². The summed E-state index contributed by atoms with van der Waals surface area (Å²) in [4.78, 5) is 10.8. The van der Waals surface area contributed by atoms with Crippen LogP contribution in [0.5, 0.6) is 0 Å². The minimum Gasteiger partial charge on any atom is -0.481 e. The summed E-state index contributed by atoms with van der Waals surface area (Å²) in [6.07, 6.45) is 0. The SMILES string of the molecule is Cc1cccc(S(=O)(=O)CC(C)C(=O)O)c1. The molecule has 16 heavy (non-hydrogen) atoms. The molecule has 0 aliphatic carbocycles. The van der Waals surface area contributed by atoms with Crippen LogP contribution < -0.4 is 0 Å². The monoisotopic (exact) mass is 242 g/mol. The second-order valence-electron chi connectivity index (χ2n) is 3.84. The van der Waals surface area contributed by atoms with Crippen molar-refractivity contribution < 1.29 is 18.3 Å². The summed E-state index contributed by atoms with van der Waals surface area (Å²) in [5.41, 5.74) is 0.837. The van der Waals surface area contributed by atoms with Crippen LogP contribution in [0.15, 0.2) is 29.2 Å². The van der Waals surface area contributed by atoms with Crippen molar-refractivity contribution in [2.75, 3.05) is 5.75 Å². The van der Waals surface area contributed by atoms with Gasteiger partial charge in [0, 0.05) is 0 Å². The molecule has 1 unspecified atom stereocenters. The van der Waals surface area contributed by atoms with E-state index in [1.54, 1.807) is 25.1 Å². The largest absolute Gasteiger partial charge is 0.481 e. The predicted octanol–water partition coefficient (Wildman–Crippen LogP) is 1.49. The fraction of sp³-hybridized carbons (Fsp3) is 0.364. The Balaban J connectivity index is 2.99. The molecule has 88 valence electrons. The Morgan fingerprint density at radius 2 is 2.06 bits per heavy atom. The molecule has 5 heteroatoms. The Kier molecular flexibility index (Phi) is 3.70. The van der Waals surface area contributed by atoms with E-state index in [0.29, 0.717) is 0 Å². The highest BCUT2D eigenvalue weighted by Crippen LogP contribution is 2.15. The van der Waals surface area contributed by atoms with E-state index in [-0.39, 0.29) is 10.6 Å². The van der Waals surface area contributed by atoms with Gasteiger partial charge in [-0.1, -0.05) is 19.1 Å². The Morgan fingerprint density at radius 3 is 2.56 bits per heavy atom. The standard InChI is InChI=1S/C11H14O4S/c1-8-4-3-5-10(6-8)16(14,15)7-9(2)11(12)13/h3-6,9H,7H2,1-2H3,(H,12,13). The lowest BCUT2D eigenvalue weighted by Crippen LogP contribution is -2.21. The van der Waals surface area contributed by atoms with Crippen LogP contribution in [0, 0.1) is 12.8 Å². The molecular formula is C11H14O4S. The van der Waals surface area contributed by atoms with E-state index in [1.165, 1.54) is 13.0 Å². The minimum atomic E-state index is -3.51. The quantitative estimate of drug-likeness (QED) is 0.868. The summed E-state index contributed by atoms with van der Waals surface area (Å²) in [6, 6.07) is 6.47. The van der Waals surface area contributed by atoms with Gasteiger partial charge in [0.15, 0.2) is 9.84 Å². The zero-order chi connectivity index (χ0) is 12.3. The third kappa shape index (κ3) is 3.06. The van der Waals surface area contributed by atoms with Crippen molar-refractivity contribution in [2.45, 2.75) is 18.7 Å². The van der Waals surface area contributed by atoms with E-state index < -0.39 is 21.7 Å². The van der Waals surface area contributed by atoms with Gasteiger partial charge in [0.25, 0.3) is 0 Å². The highest BCUT2D eigenvalue weighted by Gasteiger charge is 2.22. The predicted molar refractivity (Wildman–Crippen MR) is 60.0 cm³/mol. The number of hydrogen-bond donors (Lipinski definition) is 1. The summed E-state index contributed by atoms with van der Waals surface area (Å²) in [5.74, 6) is -2.37. The maximum absolute atomic E-state index is 11.8. The van der Waals surface area contributed by atoms with Gasteiger partial charge in [0.2, 0.25) is 0 Å². The number of aliphatic carboxylic acids is 1. The maximum Gasteiger partial charge on any atom is 0.307 e. The number of carboxylic acids is 1. The van der Waals surface area contributed by atoms with Gasteiger partial charge in [-0.3, -0.25) is 4.79 Å². The molecule has 0 heterocycles. The Labute approximate surface area is 94.8 Å². The first-order valence-electron chi connectivity index (χ1n) is 4.85. The molecule has 1 rings (SSSR count). The molecule has 0 spiro atoms. The van der Waals surface area contributed by atoms with Crippen LogP contribution in [0.3, 0.4) is 0 Å². The van der Waals surface area contributed by atoms with Gasteiger partial charge in [-0.15, -0.1) is 0 Å². The second kappa shape index (κ2) is 4.65. The molecular weight excluding hydrogens is 228 g/mol. The molecule has 1 N–H and O–H groups in total. The van der Waals surface area contributed by atoms with Crippen molar-refractivity contribution >= 4 is 15.8 Å². The summed E-state index contributed by atoms with van der Waals surface area (Å²) in [6.45, 7) is 3.18. The van der Waals surface area contributed by atoms with Crippen LogP contribution in [0.4, 0.5) is 0 Å². The summed E-state index contributed by atoms with van der Waals surface area (Å²) in [5, 5.41) is 8.68. The van der Waals surface area contributed by atoms with Crippen molar-refractivity contribution in [1.29, 1.82) is 0 Å². The average Bonchev–Trinajstić information content (AvgIpc) is 2.17. The Morgan fingerprint density at radius 1 is 1.44 bits per heavy atom. The molecule has 0 radical (unpaired) electrons. The van der Waals surface area contributed by atoms with Crippen molar-refractivity contribution in [2.24, 2.45) is 5.92 Å². The van der Waals surface area contributed by atoms with Gasteiger partial charge in [-0.2, -0.15) is 0 Å². The van der Waals surface area contributed by atoms with Crippen LogP contribution >= 0.6 is 0 Å². The smallest absolute Gasteiger partial charge is 0.307 e. The van der Waals surface area contributed by atoms with Gasteiger partial charge in [-0.25, -0.2) is 8.42 Å². The van der Waals surface area contributed by atoms with Crippen LogP contribution in [-0.4, -0.2) is 25.2 Å². The minimum absolute atomic E-state index is 0.181. The van der Waals surface area contributed by atoms with Crippen LogP contribution in [-0.2, 0) is 14.6 Å². The highest BCUT2D eigenvalue weighted by molar-refractivity contribution is 7.91. The first-order valence-corrected chi connectivity index (χ1v) is 6.50. The zero-order valence-electron chi connectivity index (χ0n) is 9.17. The van der Waals surface area contributed by atoms with E-state index in [2.05, 4.69) is 0 Å². The Bertz CT molecular complexity index is 490. The van der Waals surface area contributed by atoms with E-state index in [4.69, 9.17) is 5.11 Å². The van der Waals surface area contributed by atoms with Gasteiger partial charge in [0.1, 0.15) is 0 Å². The van der Waals surface area contributed by atoms with Crippen molar-refractivity contribution in [3.8, 4) is 0 Å². The third-order valence-electron chi connectivity index (χ3n) is 2.24. The van der Waals surface area contributed by atoms with Crippen molar-refractivity contribution in [3.63, 3.8) is 0 Å². The normalized spacial score (nSPS) is 13.4. The van der Waals surface area contributed by atoms with Gasteiger partial charge < -0.3 is 5.11 Å². The molecule has 0 amide bonds. The summed E-state index contributed by atoms with van der Waals surface area (Å²) in [7, 11) is -3.51. The molecule has 4 nitrogen and oxygen atoms in total. The average molecular weight is 242 g/mol. The lowest BCUT2D eigenvalue weighted by atomic mass is 10.2. The fourth-order valence-electron chi connectivity index (χ4n) is 1.31. The zero-order valence-corrected chi connectivity index (χ0v) is 9.99. The molecule has 0 bridgehead atoms. The number of aryl methyl sites for hydroxylation is 1.